The molecule has 3 nitrogen and oxygen atoms in total. The van der Waals surface area contributed by atoms with Crippen LogP contribution < -0.4 is 0 Å². The normalized spacial score (nSPS) is 19.5. The Morgan fingerprint density at radius 3 is 1.77 bits per heavy atom. The molecule has 0 bridgehead atoms. The molecule has 1 aliphatic rings. The molecule has 0 heterocycles. The van der Waals surface area contributed by atoms with E-state index < -0.39 is 18.3 Å². The van der Waals surface area contributed by atoms with Gasteiger partial charge in [-0.1, -0.05) is 60.7 Å². The molecule has 0 amide bonds. The van der Waals surface area contributed by atoms with E-state index in [9.17, 15) is 18.3 Å². The minimum Gasteiger partial charge on any atom is -0.393 e. The van der Waals surface area contributed by atoms with E-state index in [0.717, 1.165) is 32.9 Å². The summed E-state index contributed by atoms with van der Waals surface area (Å²) in [7, 11) is 0. The Bertz CT molecular complexity index is 772. The molecule has 0 aliphatic heterocycles. The molecule has 0 spiro atoms. The Labute approximate surface area is 176 Å². The lowest BCUT2D eigenvalue weighted by atomic mass is 9.90. The first-order valence-corrected chi connectivity index (χ1v) is 10.4. The lowest BCUT2D eigenvalue weighted by Crippen LogP contribution is -2.45. The summed E-state index contributed by atoms with van der Waals surface area (Å²) in [4.78, 5) is 6.36. The molecule has 3 rings (SSSR count). The number of hydrogen-bond acceptors (Lipinski definition) is 3. The molecule has 1 fully saturated rings. The Kier molecular flexibility index (Phi) is 7.32. The highest BCUT2D eigenvalue weighted by Crippen LogP contribution is 2.35. The largest absolute Gasteiger partial charge is 0.415 e. The van der Waals surface area contributed by atoms with Crippen LogP contribution in [-0.4, -0.2) is 40.1 Å². The average Bonchev–Trinajstić information content (AvgIpc) is 2.74. The van der Waals surface area contributed by atoms with E-state index in [2.05, 4.69) is 34.2 Å². The number of aliphatic imine (C=N–C) groups is 1. The first-order valence-electron chi connectivity index (χ1n) is 10.4. The Balaban J connectivity index is 1.72. The molecule has 1 N–H and O–H groups in total. The molecule has 2 aromatic rings. The second-order valence-electron chi connectivity index (χ2n) is 8.22. The summed E-state index contributed by atoms with van der Waals surface area (Å²) in [5.41, 5.74) is 0.582. The molecular formula is C24H29F3N2O. The van der Waals surface area contributed by atoms with E-state index in [1.165, 1.54) is 11.1 Å². The minimum absolute atomic E-state index is 0.274. The monoisotopic (exact) mass is 418 g/mol. The van der Waals surface area contributed by atoms with Gasteiger partial charge in [0.1, 0.15) is 0 Å². The van der Waals surface area contributed by atoms with Gasteiger partial charge in [-0.25, -0.2) is 0 Å². The number of rotatable bonds is 7. The third-order valence-corrected chi connectivity index (χ3v) is 5.83. The van der Waals surface area contributed by atoms with E-state index in [1.807, 2.05) is 36.4 Å². The van der Waals surface area contributed by atoms with Crippen LogP contribution in [0.4, 0.5) is 13.2 Å². The maximum atomic E-state index is 13.3. The molecule has 30 heavy (non-hydrogen) atoms. The van der Waals surface area contributed by atoms with Crippen molar-refractivity contribution in [2.75, 3.05) is 6.61 Å². The summed E-state index contributed by atoms with van der Waals surface area (Å²) in [5.74, 6) is 0. The van der Waals surface area contributed by atoms with Gasteiger partial charge >= 0.3 is 6.18 Å². The summed E-state index contributed by atoms with van der Waals surface area (Å²) in [6, 6.07) is 20.8. The van der Waals surface area contributed by atoms with E-state index in [-0.39, 0.29) is 6.04 Å². The zero-order chi connectivity index (χ0) is 21.6. The van der Waals surface area contributed by atoms with E-state index in [1.54, 1.807) is 0 Å². The molecule has 1 aliphatic carbocycles. The lowest BCUT2D eigenvalue weighted by Gasteiger charge is -2.36. The molecule has 162 valence electrons. The van der Waals surface area contributed by atoms with Crippen molar-refractivity contribution in [2.45, 2.75) is 63.5 Å². The summed E-state index contributed by atoms with van der Waals surface area (Å²) in [6.45, 7) is 1.52. The van der Waals surface area contributed by atoms with Gasteiger partial charge in [-0.05, 0) is 43.7 Å². The van der Waals surface area contributed by atoms with Gasteiger partial charge in [-0.15, -0.1) is 0 Å². The summed E-state index contributed by atoms with van der Waals surface area (Å²) in [6.07, 6.45) is -1.99. The summed E-state index contributed by atoms with van der Waals surface area (Å²) >= 11 is 0. The number of nitrogens with zero attached hydrogens (tertiary/aromatic N) is 2. The van der Waals surface area contributed by atoms with Crippen molar-refractivity contribution in [3.63, 3.8) is 0 Å². The van der Waals surface area contributed by atoms with Crippen LogP contribution in [0.3, 0.4) is 0 Å². The van der Waals surface area contributed by atoms with Gasteiger partial charge < -0.3 is 5.11 Å². The first kappa shape index (κ1) is 22.5. The fraction of sp³-hybridized carbons (Fsp3) is 0.458. The fourth-order valence-corrected chi connectivity index (χ4v) is 3.90. The fourth-order valence-electron chi connectivity index (χ4n) is 3.90. The van der Waals surface area contributed by atoms with Gasteiger partial charge in [0, 0.05) is 24.8 Å². The van der Waals surface area contributed by atoms with Gasteiger partial charge in [0.15, 0.2) is 5.54 Å². The second kappa shape index (κ2) is 9.75. The predicted molar refractivity (Wildman–Crippen MR) is 113 cm³/mol. The molecule has 6 heteroatoms. The average molecular weight is 419 g/mol. The Hall–Kier alpha value is -2.18. The van der Waals surface area contributed by atoms with Crippen LogP contribution in [0.1, 0.15) is 43.7 Å². The number of hydrogen-bond donors (Lipinski definition) is 1. The third kappa shape index (κ3) is 5.70. The van der Waals surface area contributed by atoms with Crippen molar-refractivity contribution in [2.24, 2.45) is 4.99 Å². The maximum Gasteiger partial charge on any atom is 0.415 e. The number of aliphatic hydroxyl groups is 1. The summed E-state index contributed by atoms with van der Waals surface area (Å²) in [5, 5.41) is 9.28. The van der Waals surface area contributed by atoms with Crippen LogP contribution in [0.2, 0.25) is 0 Å². The van der Waals surface area contributed by atoms with E-state index >= 15 is 0 Å². The van der Waals surface area contributed by atoms with Gasteiger partial charge in [-0.2, -0.15) is 13.2 Å². The van der Waals surface area contributed by atoms with Crippen molar-refractivity contribution in [3.05, 3.63) is 71.8 Å². The number of halogens is 3. The first-order chi connectivity index (χ1) is 14.3. The number of alkyl halides is 3. The topological polar surface area (TPSA) is 35.8 Å². The third-order valence-electron chi connectivity index (χ3n) is 5.83. The van der Waals surface area contributed by atoms with Gasteiger partial charge in [-0.3, -0.25) is 9.89 Å². The number of benzene rings is 2. The smallest absolute Gasteiger partial charge is 0.393 e. The van der Waals surface area contributed by atoms with Gasteiger partial charge in [0.05, 0.1) is 6.61 Å². The molecule has 0 aromatic heterocycles. The predicted octanol–water partition coefficient (Wildman–Crippen LogP) is 5.39. The highest BCUT2D eigenvalue weighted by atomic mass is 19.4. The van der Waals surface area contributed by atoms with Crippen LogP contribution in [0.5, 0.6) is 0 Å². The van der Waals surface area contributed by atoms with E-state index in [4.69, 9.17) is 0 Å². The van der Waals surface area contributed by atoms with Crippen LogP contribution in [0.25, 0.3) is 0 Å². The van der Waals surface area contributed by atoms with Crippen molar-refractivity contribution in [3.8, 4) is 0 Å². The van der Waals surface area contributed by atoms with Gasteiger partial charge in [0.2, 0.25) is 0 Å². The van der Waals surface area contributed by atoms with Crippen LogP contribution >= 0.6 is 0 Å². The Morgan fingerprint density at radius 1 is 0.900 bits per heavy atom. The molecule has 0 unspecified atom stereocenters. The van der Waals surface area contributed by atoms with Gasteiger partial charge in [0.25, 0.3) is 0 Å². The standard InChI is InChI=1S/C24H29F3N2O/c1-23(18-30,24(25,26)27)28-21-12-14-22(15-13-21)29(16-19-8-4-2-5-9-19)17-20-10-6-3-7-11-20/h2-11,22,30H,12-18H2,1H3/t22?,23-/m1/s1. The van der Waals surface area contributed by atoms with Crippen LogP contribution in [0, 0.1) is 0 Å². The molecule has 0 radical (unpaired) electrons. The SMILES string of the molecule is C[C@](CO)(N=C1CCC(N(Cc2ccccc2)Cc2ccccc2)CC1)C(F)(F)F. The van der Waals surface area contributed by atoms with Crippen molar-refractivity contribution >= 4 is 5.71 Å². The quantitative estimate of drug-likeness (QED) is 0.655. The molecule has 0 saturated heterocycles. The maximum absolute atomic E-state index is 13.3. The Morgan fingerprint density at radius 2 is 1.37 bits per heavy atom. The number of aliphatic hydroxyl groups excluding tert-OH is 1. The summed E-state index contributed by atoms with van der Waals surface area (Å²) < 4.78 is 39.8. The second-order valence-corrected chi connectivity index (χ2v) is 8.22. The van der Waals surface area contributed by atoms with Crippen molar-refractivity contribution in [1.82, 2.24) is 4.90 Å². The highest BCUT2D eigenvalue weighted by Gasteiger charge is 2.51. The van der Waals surface area contributed by atoms with Crippen LogP contribution in [0.15, 0.2) is 65.7 Å². The highest BCUT2D eigenvalue weighted by molar-refractivity contribution is 5.85. The zero-order valence-corrected chi connectivity index (χ0v) is 17.3. The minimum atomic E-state index is -4.56. The zero-order valence-electron chi connectivity index (χ0n) is 17.3. The molecule has 2 aromatic carbocycles. The molecular weight excluding hydrogens is 389 g/mol. The van der Waals surface area contributed by atoms with Crippen LogP contribution in [-0.2, 0) is 13.1 Å². The van der Waals surface area contributed by atoms with E-state index in [0.29, 0.717) is 18.6 Å². The van der Waals surface area contributed by atoms with Crippen molar-refractivity contribution < 1.29 is 18.3 Å². The molecule has 1 saturated carbocycles. The molecule has 1 atom stereocenters. The lowest BCUT2D eigenvalue weighted by molar-refractivity contribution is -0.189. The van der Waals surface area contributed by atoms with Crippen molar-refractivity contribution in [1.29, 1.82) is 0 Å².